The number of hydrogen-bond acceptors (Lipinski definition) is 6. The fourth-order valence-electron chi connectivity index (χ4n) is 1.24. The minimum atomic E-state index is -1.14. The Morgan fingerprint density at radius 1 is 1.41 bits per heavy atom. The van der Waals surface area contributed by atoms with E-state index < -0.39 is 5.97 Å². The Bertz CT molecular complexity index is 523. The second-order valence-electron chi connectivity index (χ2n) is 3.37. The number of nitrogens with zero attached hydrogens (tertiary/aromatic N) is 4. The van der Waals surface area contributed by atoms with E-state index >= 15 is 0 Å². The molecule has 17 heavy (non-hydrogen) atoms. The maximum Gasteiger partial charge on any atom is 0.214 e. The van der Waals surface area contributed by atoms with Crippen LogP contribution in [-0.2, 0) is 4.79 Å². The molecule has 0 unspecified atom stereocenters. The lowest BCUT2D eigenvalue weighted by molar-refractivity contribution is -0.301. The third-order valence-corrected chi connectivity index (χ3v) is 2.93. The average molecular weight is 249 g/mol. The number of hydrogen-bond donors (Lipinski definition) is 0. The summed E-state index contributed by atoms with van der Waals surface area (Å²) in [7, 11) is 0. The van der Waals surface area contributed by atoms with Crippen LogP contribution in [0, 0.1) is 6.92 Å². The van der Waals surface area contributed by atoms with Crippen molar-refractivity contribution >= 4 is 17.7 Å². The number of thioether (sulfide) groups is 1. The van der Waals surface area contributed by atoms with Crippen molar-refractivity contribution in [3.8, 4) is 5.69 Å². The predicted octanol–water partition coefficient (Wildman–Crippen LogP) is -0.187. The van der Waals surface area contributed by atoms with E-state index in [-0.39, 0.29) is 5.75 Å². The number of benzene rings is 1. The highest BCUT2D eigenvalue weighted by Gasteiger charge is 2.08. The molecule has 0 N–H and O–H groups in total. The van der Waals surface area contributed by atoms with Crippen LogP contribution in [0.5, 0.6) is 0 Å². The summed E-state index contributed by atoms with van der Waals surface area (Å²) >= 11 is 1.03. The highest BCUT2D eigenvalue weighted by atomic mass is 32.2. The normalized spacial score (nSPS) is 10.4. The quantitative estimate of drug-likeness (QED) is 0.698. The molecule has 0 aliphatic heterocycles. The SMILES string of the molecule is Cc1ccc(-n2nnnc2SCC(=O)[O-])cc1. The average Bonchev–Trinajstić information content (AvgIpc) is 2.75. The summed E-state index contributed by atoms with van der Waals surface area (Å²) in [6.45, 7) is 1.98. The van der Waals surface area contributed by atoms with Crippen LogP contribution in [0.2, 0.25) is 0 Å². The highest BCUT2D eigenvalue weighted by Crippen LogP contribution is 2.17. The molecule has 1 aromatic heterocycles. The summed E-state index contributed by atoms with van der Waals surface area (Å²) in [6.07, 6.45) is 0. The van der Waals surface area contributed by atoms with Gasteiger partial charge in [0.15, 0.2) is 0 Å². The molecule has 2 rings (SSSR count). The van der Waals surface area contributed by atoms with Gasteiger partial charge in [0.2, 0.25) is 5.16 Å². The molecule has 0 saturated carbocycles. The second kappa shape index (κ2) is 4.96. The van der Waals surface area contributed by atoms with Crippen molar-refractivity contribution in [1.82, 2.24) is 20.2 Å². The van der Waals surface area contributed by atoms with Crippen molar-refractivity contribution in [2.45, 2.75) is 12.1 Å². The van der Waals surface area contributed by atoms with Crippen LogP contribution in [0.25, 0.3) is 5.69 Å². The molecule has 0 fully saturated rings. The summed E-state index contributed by atoms with van der Waals surface area (Å²) in [5, 5.41) is 21.9. The Balaban J connectivity index is 2.24. The largest absolute Gasteiger partial charge is 0.549 e. The number of carboxylic acids is 1. The molecule has 1 heterocycles. The summed E-state index contributed by atoms with van der Waals surface area (Å²) in [5.41, 5.74) is 1.92. The molecule has 0 spiro atoms. The maximum absolute atomic E-state index is 10.4. The Morgan fingerprint density at radius 3 is 2.76 bits per heavy atom. The van der Waals surface area contributed by atoms with Gasteiger partial charge in [-0.2, -0.15) is 4.68 Å². The number of tetrazole rings is 1. The lowest BCUT2D eigenvalue weighted by atomic mass is 10.2. The summed E-state index contributed by atoms with van der Waals surface area (Å²) in [4.78, 5) is 10.4. The van der Waals surface area contributed by atoms with Crippen molar-refractivity contribution in [3.05, 3.63) is 29.8 Å². The minimum absolute atomic E-state index is 0.174. The molecule has 6 nitrogen and oxygen atoms in total. The molecule has 1 aromatic carbocycles. The van der Waals surface area contributed by atoms with Crippen LogP contribution in [0.3, 0.4) is 0 Å². The van der Waals surface area contributed by atoms with Crippen molar-refractivity contribution in [3.63, 3.8) is 0 Å². The van der Waals surface area contributed by atoms with E-state index in [1.807, 2.05) is 31.2 Å². The number of carbonyl (C=O) groups is 1. The Hall–Kier alpha value is -1.89. The first kappa shape index (κ1) is 11.6. The van der Waals surface area contributed by atoms with Gasteiger partial charge in [-0.05, 0) is 29.5 Å². The van der Waals surface area contributed by atoms with Crippen LogP contribution < -0.4 is 5.11 Å². The molecule has 0 atom stereocenters. The van der Waals surface area contributed by atoms with Gasteiger partial charge < -0.3 is 9.90 Å². The van der Waals surface area contributed by atoms with Crippen LogP contribution in [0.15, 0.2) is 29.4 Å². The molecule has 0 aliphatic carbocycles. The van der Waals surface area contributed by atoms with Crippen molar-refractivity contribution in [2.24, 2.45) is 0 Å². The molecule has 0 bridgehead atoms. The van der Waals surface area contributed by atoms with Crippen LogP contribution >= 0.6 is 11.8 Å². The predicted molar refractivity (Wildman–Crippen MR) is 59.6 cm³/mol. The zero-order valence-corrected chi connectivity index (χ0v) is 9.85. The second-order valence-corrected chi connectivity index (χ2v) is 4.31. The van der Waals surface area contributed by atoms with Gasteiger partial charge in [0.1, 0.15) is 0 Å². The number of aliphatic carboxylic acids is 1. The monoisotopic (exact) mass is 249 g/mol. The van der Waals surface area contributed by atoms with E-state index in [4.69, 9.17) is 0 Å². The molecule has 0 amide bonds. The molecular weight excluding hydrogens is 240 g/mol. The standard InChI is InChI=1S/C10H10N4O2S/c1-7-2-4-8(5-3-7)14-10(11-12-13-14)17-6-9(15)16/h2-5H,6H2,1H3,(H,15,16)/p-1. The van der Waals surface area contributed by atoms with E-state index in [2.05, 4.69) is 15.5 Å². The number of aromatic nitrogens is 4. The fourth-order valence-corrected chi connectivity index (χ4v) is 1.85. The van der Waals surface area contributed by atoms with Gasteiger partial charge in [0.05, 0.1) is 11.7 Å². The third-order valence-electron chi connectivity index (χ3n) is 2.04. The Morgan fingerprint density at radius 2 is 2.12 bits per heavy atom. The molecule has 7 heteroatoms. The van der Waals surface area contributed by atoms with Gasteiger partial charge in [-0.3, -0.25) is 0 Å². The molecule has 88 valence electrons. The highest BCUT2D eigenvalue weighted by molar-refractivity contribution is 7.99. The van der Waals surface area contributed by atoms with E-state index in [1.165, 1.54) is 4.68 Å². The van der Waals surface area contributed by atoms with Crippen LogP contribution in [-0.4, -0.2) is 31.9 Å². The first-order chi connectivity index (χ1) is 8.16. The Kier molecular flexibility index (Phi) is 3.38. The minimum Gasteiger partial charge on any atom is -0.549 e. The molecule has 0 saturated heterocycles. The van der Waals surface area contributed by atoms with Gasteiger partial charge in [0, 0.05) is 5.75 Å². The van der Waals surface area contributed by atoms with E-state index in [9.17, 15) is 9.90 Å². The van der Waals surface area contributed by atoms with Gasteiger partial charge in [0.25, 0.3) is 0 Å². The lowest BCUT2D eigenvalue weighted by Gasteiger charge is -2.04. The van der Waals surface area contributed by atoms with Gasteiger partial charge in [-0.1, -0.05) is 29.5 Å². The van der Waals surface area contributed by atoms with Gasteiger partial charge >= 0.3 is 0 Å². The summed E-state index contributed by atoms with van der Waals surface area (Å²) in [5.74, 6) is -1.32. The van der Waals surface area contributed by atoms with Gasteiger partial charge in [-0.15, -0.1) is 5.10 Å². The molecule has 0 radical (unpaired) electrons. The third kappa shape index (κ3) is 2.82. The van der Waals surface area contributed by atoms with Gasteiger partial charge in [-0.25, -0.2) is 0 Å². The number of carboxylic acid groups (broad SMARTS) is 1. The topological polar surface area (TPSA) is 83.7 Å². The lowest BCUT2D eigenvalue weighted by Crippen LogP contribution is -2.24. The number of aryl methyl sites for hydroxylation is 1. The zero-order chi connectivity index (χ0) is 12.3. The molecule has 2 aromatic rings. The van der Waals surface area contributed by atoms with E-state index in [0.29, 0.717) is 5.16 Å². The maximum atomic E-state index is 10.4. The van der Waals surface area contributed by atoms with Crippen LogP contribution in [0.1, 0.15) is 5.56 Å². The van der Waals surface area contributed by atoms with Crippen LogP contribution in [0.4, 0.5) is 0 Å². The van der Waals surface area contributed by atoms with Crippen molar-refractivity contribution < 1.29 is 9.90 Å². The first-order valence-electron chi connectivity index (χ1n) is 4.85. The summed E-state index contributed by atoms with van der Waals surface area (Å²) < 4.78 is 1.49. The zero-order valence-electron chi connectivity index (χ0n) is 9.03. The summed E-state index contributed by atoms with van der Waals surface area (Å²) in [6, 6.07) is 7.61. The Labute approximate surface area is 102 Å². The van der Waals surface area contributed by atoms with Crippen molar-refractivity contribution in [1.29, 1.82) is 0 Å². The van der Waals surface area contributed by atoms with Crippen molar-refractivity contribution in [2.75, 3.05) is 5.75 Å². The van der Waals surface area contributed by atoms with E-state index in [0.717, 1.165) is 23.0 Å². The first-order valence-corrected chi connectivity index (χ1v) is 5.83. The number of rotatable bonds is 4. The molecular formula is C10H9N4O2S-. The molecule has 0 aliphatic rings. The number of carbonyl (C=O) groups excluding carboxylic acids is 1. The van der Waals surface area contributed by atoms with E-state index in [1.54, 1.807) is 0 Å². The smallest absolute Gasteiger partial charge is 0.214 e. The fraction of sp³-hybridized carbons (Fsp3) is 0.200.